The number of hydrogen-bond donors (Lipinski definition) is 0. The normalized spacial score (nSPS) is 11.1. The number of aromatic nitrogens is 5. The van der Waals surface area contributed by atoms with E-state index in [1.165, 1.54) is 17.3 Å². The summed E-state index contributed by atoms with van der Waals surface area (Å²) in [6.45, 7) is 2.04. The van der Waals surface area contributed by atoms with Crippen LogP contribution in [0.5, 0.6) is 0 Å². The minimum absolute atomic E-state index is 0.519. The summed E-state index contributed by atoms with van der Waals surface area (Å²) in [5.74, 6) is 2.43. The predicted molar refractivity (Wildman–Crippen MR) is 105 cm³/mol. The van der Waals surface area contributed by atoms with Gasteiger partial charge in [0.1, 0.15) is 0 Å². The van der Waals surface area contributed by atoms with Crippen molar-refractivity contribution >= 4 is 23.4 Å². The standard InChI is InChI=1S/C19H16ClN5OS/c1-12-3-5-13(6-4-12)17-21-16(26-24-17)11-27-19-23-22-18(25(19)2)14-7-9-15(20)10-8-14/h3-10H,11H2,1-2H3. The van der Waals surface area contributed by atoms with Gasteiger partial charge in [0.2, 0.25) is 11.7 Å². The molecule has 0 atom stereocenters. The topological polar surface area (TPSA) is 69.6 Å². The Morgan fingerprint density at radius 3 is 2.44 bits per heavy atom. The minimum atomic E-state index is 0.519. The Morgan fingerprint density at radius 2 is 1.70 bits per heavy atom. The minimum Gasteiger partial charge on any atom is -0.338 e. The van der Waals surface area contributed by atoms with Crippen LogP contribution in [0.4, 0.5) is 0 Å². The van der Waals surface area contributed by atoms with Crippen molar-refractivity contribution in [2.75, 3.05) is 0 Å². The van der Waals surface area contributed by atoms with Gasteiger partial charge in [-0.1, -0.05) is 58.3 Å². The molecule has 2 aromatic carbocycles. The van der Waals surface area contributed by atoms with Gasteiger partial charge in [-0.3, -0.25) is 0 Å². The Balaban J connectivity index is 1.46. The monoisotopic (exact) mass is 397 g/mol. The lowest BCUT2D eigenvalue weighted by Crippen LogP contribution is -1.95. The fourth-order valence-electron chi connectivity index (χ4n) is 2.55. The lowest BCUT2D eigenvalue weighted by molar-refractivity contribution is 0.391. The van der Waals surface area contributed by atoms with E-state index >= 15 is 0 Å². The fourth-order valence-corrected chi connectivity index (χ4v) is 3.43. The summed E-state index contributed by atoms with van der Waals surface area (Å²) in [7, 11) is 1.93. The van der Waals surface area contributed by atoms with Gasteiger partial charge in [-0.15, -0.1) is 10.2 Å². The zero-order valence-corrected chi connectivity index (χ0v) is 16.3. The summed E-state index contributed by atoms with van der Waals surface area (Å²) < 4.78 is 7.30. The van der Waals surface area contributed by atoms with Crippen molar-refractivity contribution in [3.05, 3.63) is 65.0 Å². The second kappa shape index (κ2) is 7.54. The SMILES string of the molecule is Cc1ccc(-c2noc(CSc3nnc(-c4ccc(Cl)cc4)n3C)n2)cc1. The van der Waals surface area contributed by atoms with E-state index < -0.39 is 0 Å². The number of rotatable bonds is 5. The fraction of sp³-hybridized carbons (Fsp3) is 0.158. The molecule has 2 aromatic heterocycles. The third kappa shape index (κ3) is 3.89. The highest BCUT2D eigenvalue weighted by molar-refractivity contribution is 7.98. The average Bonchev–Trinajstić information content (AvgIpc) is 3.28. The Labute approximate surface area is 165 Å². The molecule has 4 rings (SSSR count). The largest absolute Gasteiger partial charge is 0.338 e. The van der Waals surface area contributed by atoms with Crippen LogP contribution in [0, 0.1) is 6.92 Å². The molecule has 0 spiro atoms. The van der Waals surface area contributed by atoms with E-state index in [0.29, 0.717) is 22.5 Å². The summed E-state index contributed by atoms with van der Waals surface area (Å²) >= 11 is 7.44. The maximum absolute atomic E-state index is 5.95. The molecule has 136 valence electrons. The lowest BCUT2D eigenvalue weighted by Gasteiger charge is -2.03. The second-order valence-electron chi connectivity index (χ2n) is 6.04. The first-order chi connectivity index (χ1) is 13.1. The van der Waals surface area contributed by atoms with Crippen LogP contribution in [0.1, 0.15) is 11.5 Å². The number of benzene rings is 2. The van der Waals surface area contributed by atoms with Crippen molar-refractivity contribution in [1.29, 1.82) is 0 Å². The highest BCUT2D eigenvalue weighted by Crippen LogP contribution is 2.26. The van der Waals surface area contributed by atoms with Crippen molar-refractivity contribution in [3.63, 3.8) is 0 Å². The smallest absolute Gasteiger partial charge is 0.237 e. The first kappa shape index (κ1) is 17.8. The van der Waals surface area contributed by atoms with Gasteiger partial charge in [0.05, 0.1) is 5.75 Å². The van der Waals surface area contributed by atoms with Gasteiger partial charge in [-0.25, -0.2) is 0 Å². The Hall–Kier alpha value is -2.64. The molecular formula is C19H16ClN5OS. The van der Waals surface area contributed by atoms with E-state index in [1.54, 1.807) is 0 Å². The van der Waals surface area contributed by atoms with Crippen molar-refractivity contribution < 1.29 is 4.52 Å². The quantitative estimate of drug-likeness (QED) is 0.451. The highest BCUT2D eigenvalue weighted by Gasteiger charge is 2.14. The molecule has 0 fully saturated rings. The molecule has 27 heavy (non-hydrogen) atoms. The molecule has 0 saturated heterocycles. The molecule has 4 aromatic rings. The van der Waals surface area contributed by atoms with Crippen LogP contribution in [0.2, 0.25) is 5.02 Å². The molecule has 0 aliphatic rings. The van der Waals surface area contributed by atoms with E-state index in [4.69, 9.17) is 16.1 Å². The Kier molecular flexibility index (Phi) is 4.96. The second-order valence-corrected chi connectivity index (χ2v) is 7.42. The Morgan fingerprint density at radius 1 is 1.00 bits per heavy atom. The molecule has 0 saturated carbocycles. The molecule has 0 aliphatic carbocycles. The molecule has 6 nitrogen and oxygen atoms in total. The molecule has 0 radical (unpaired) electrons. The van der Waals surface area contributed by atoms with Crippen LogP contribution in [0.15, 0.2) is 58.2 Å². The van der Waals surface area contributed by atoms with Gasteiger partial charge < -0.3 is 9.09 Å². The van der Waals surface area contributed by atoms with Gasteiger partial charge in [-0.05, 0) is 31.2 Å². The number of hydrogen-bond acceptors (Lipinski definition) is 6. The number of nitrogens with zero attached hydrogens (tertiary/aromatic N) is 5. The molecule has 0 aliphatic heterocycles. The maximum Gasteiger partial charge on any atom is 0.237 e. The van der Waals surface area contributed by atoms with Crippen LogP contribution in [0.3, 0.4) is 0 Å². The molecule has 0 bridgehead atoms. The van der Waals surface area contributed by atoms with Crippen LogP contribution in [-0.2, 0) is 12.8 Å². The van der Waals surface area contributed by atoms with Gasteiger partial charge >= 0.3 is 0 Å². The van der Waals surface area contributed by atoms with Gasteiger partial charge in [0.15, 0.2) is 11.0 Å². The third-order valence-corrected chi connectivity index (χ3v) is 5.30. The van der Waals surface area contributed by atoms with Crippen molar-refractivity contribution in [1.82, 2.24) is 24.9 Å². The number of halogens is 1. The third-order valence-electron chi connectivity index (χ3n) is 4.04. The average molecular weight is 398 g/mol. The van der Waals surface area contributed by atoms with Gasteiger partial charge in [0, 0.05) is 23.2 Å². The van der Waals surface area contributed by atoms with E-state index in [1.807, 2.05) is 67.1 Å². The molecule has 0 unspecified atom stereocenters. The molecular weight excluding hydrogens is 382 g/mol. The summed E-state index contributed by atoms with van der Waals surface area (Å²) in [5, 5.41) is 14.0. The Bertz CT molecular complexity index is 1060. The number of thioether (sulfide) groups is 1. The van der Waals surface area contributed by atoms with E-state index in [2.05, 4.69) is 20.3 Å². The molecule has 0 N–H and O–H groups in total. The molecule has 2 heterocycles. The van der Waals surface area contributed by atoms with Gasteiger partial charge in [-0.2, -0.15) is 4.98 Å². The highest BCUT2D eigenvalue weighted by atomic mass is 35.5. The zero-order valence-electron chi connectivity index (χ0n) is 14.8. The predicted octanol–water partition coefficient (Wildman–Crippen LogP) is 4.79. The maximum atomic E-state index is 5.95. The summed E-state index contributed by atoms with van der Waals surface area (Å²) in [4.78, 5) is 4.46. The van der Waals surface area contributed by atoms with Crippen molar-refractivity contribution in [2.45, 2.75) is 17.8 Å². The molecule has 8 heteroatoms. The first-order valence-corrected chi connectivity index (χ1v) is 9.64. The summed E-state index contributed by atoms with van der Waals surface area (Å²) in [6.07, 6.45) is 0. The summed E-state index contributed by atoms with van der Waals surface area (Å²) in [5.41, 5.74) is 3.08. The van der Waals surface area contributed by atoms with Crippen molar-refractivity contribution in [2.24, 2.45) is 7.05 Å². The molecule has 0 amide bonds. The van der Waals surface area contributed by atoms with Crippen LogP contribution < -0.4 is 0 Å². The van der Waals surface area contributed by atoms with Crippen LogP contribution in [-0.4, -0.2) is 24.9 Å². The van der Waals surface area contributed by atoms with Crippen LogP contribution >= 0.6 is 23.4 Å². The first-order valence-electron chi connectivity index (χ1n) is 8.28. The number of aryl methyl sites for hydroxylation is 1. The van der Waals surface area contributed by atoms with E-state index in [-0.39, 0.29) is 0 Å². The zero-order chi connectivity index (χ0) is 18.8. The summed E-state index contributed by atoms with van der Waals surface area (Å²) in [6, 6.07) is 15.5. The van der Waals surface area contributed by atoms with Gasteiger partial charge in [0.25, 0.3) is 0 Å². The van der Waals surface area contributed by atoms with Crippen molar-refractivity contribution in [3.8, 4) is 22.8 Å². The van der Waals surface area contributed by atoms with E-state index in [0.717, 1.165) is 22.1 Å². The lowest BCUT2D eigenvalue weighted by atomic mass is 10.1. The van der Waals surface area contributed by atoms with Crippen LogP contribution in [0.25, 0.3) is 22.8 Å². The van der Waals surface area contributed by atoms with E-state index in [9.17, 15) is 0 Å².